The first-order valence-corrected chi connectivity index (χ1v) is 11.1. The minimum Gasteiger partial charge on any atom is -0.462 e. The summed E-state index contributed by atoms with van der Waals surface area (Å²) in [5.41, 5.74) is 2.70. The first kappa shape index (κ1) is 24.3. The van der Waals surface area contributed by atoms with Crippen molar-refractivity contribution in [2.24, 2.45) is 0 Å². The number of esters is 2. The zero-order valence-corrected chi connectivity index (χ0v) is 19.6. The molecule has 0 aliphatic heterocycles. The van der Waals surface area contributed by atoms with Crippen molar-refractivity contribution in [3.8, 4) is 0 Å². The molecule has 1 aromatic heterocycles. The van der Waals surface area contributed by atoms with E-state index in [1.165, 1.54) is 11.6 Å². The van der Waals surface area contributed by atoms with E-state index in [0.29, 0.717) is 11.5 Å². The highest BCUT2D eigenvalue weighted by atomic mass is 32.1. The van der Waals surface area contributed by atoms with Crippen molar-refractivity contribution >= 4 is 40.3 Å². The number of hydrogen-bond donors (Lipinski definition) is 1. The number of thiophene rings is 1. The fraction of sp³-hybridized carbons (Fsp3) is 0.375. The first-order chi connectivity index (χ1) is 14.6. The number of rotatable bonds is 8. The van der Waals surface area contributed by atoms with Crippen LogP contribution in [0.1, 0.15) is 77.3 Å². The van der Waals surface area contributed by atoms with Crippen LogP contribution in [0, 0.1) is 6.92 Å². The van der Waals surface area contributed by atoms with E-state index in [0.717, 1.165) is 16.9 Å². The molecule has 6 nitrogen and oxygen atoms in total. The van der Waals surface area contributed by atoms with Gasteiger partial charge in [0.1, 0.15) is 9.88 Å². The molecule has 0 saturated heterocycles. The van der Waals surface area contributed by atoms with Gasteiger partial charge in [0, 0.05) is 6.08 Å². The van der Waals surface area contributed by atoms with Gasteiger partial charge >= 0.3 is 11.9 Å². The second-order valence-corrected chi connectivity index (χ2v) is 8.60. The number of amides is 1. The fourth-order valence-electron chi connectivity index (χ4n) is 2.83. The number of nitrogens with one attached hydrogen (secondary N) is 1. The molecule has 31 heavy (non-hydrogen) atoms. The second-order valence-electron chi connectivity index (χ2n) is 7.58. The van der Waals surface area contributed by atoms with E-state index in [9.17, 15) is 14.4 Å². The Balaban J connectivity index is 2.26. The zero-order chi connectivity index (χ0) is 23.1. The molecular weight excluding hydrogens is 414 g/mol. The minimum atomic E-state index is -0.594. The van der Waals surface area contributed by atoms with Gasteiger partial charge in [-0.25, -0.2) is 9.59 Å². The van der Waals surface area contributed by atoms with Gasteiger partial charge in [-0.05, 0) is 56.4 Å². The van der Waals surface area contributed by atoms with Gasteiger partial charge in [0.15, 0.2) is 0 Å². The molecule has 2 rings (SSSR count). The number of benzene rings is 1. The molecule has 0 radical (unpaired) electrons. The first-order valence-electron chi connectivity index (χ1n) is 10.2. The Labute approximate surface area is 187 Å². The summed E-state index contributed by atoms with van der Waals surface area (Å²) >= 11 is 1.00. The Bertz CT molecular complexity index is 971. The number of anilines is 1. The summed E-state index contributed by atoms with van der Waals surface area (Å²) in [4.78, 5) is 37.6. The zero-order valence-electron chi connectivity index (χ0n) is 18.8. The van der Waals surface area contributed by atoms with Gasteiger partial charge in [0.2, 0.25) is 5.91 Å². The molecule has 0 saturated carbocycles. The normalized spacial score (nSPS) is 11.2. The summed E-state index contributed by atoms with van der Waals surface area (Å²) in [5.74, 6) is -1.11. The fourth-order valence-corrected chi connectivity index (χ4v) is 3.91. The van der Waals surface area contributed by atoms with Gasteiger partial charge in [-0.15, -0.1) is 11.3 Å². The van der Waals surface area contributed by atoms with Gasteiger partial charge < -0.3 is 14.8 Å². The van der Waals surface area contributed by atoms with Crippen molar-refractivity contribution in [1.82, 2.24) is 0 Å². The molecule has 0 unspecified atom stereocenters. The summed E-state index contributed by atoms with van der Waals surface area (Å²) in [5, 5.41) is 2.96. The van der Waals surface area contributed by atoms with Crippen LogP contribution >= 0.6 is 11.3 Å². The molecule has 166 valence electrons. The summed E-state index contributed by atoms with van der Waals surface area (Å²) in [7, 11) is 0. The number of carbonyl (C=O) groups is 3. The quantitative estimate of drug-likeness (QED) is 0.426. The Morgan fingerprint density at radius 3 is 2.26 bits per heavy atom. The van der Waals surface area contributed by atoms with Gasteiger partial charge in [-0.2, -0.15) is 0 Å². The second kappa shape index (κ2) is 10.9. The third kappa shape index (κ3) is 6.52. The predicted octanol–water partition coefficient (Wildman–Crippen LogP) is 5.57. The molecule has 0 spiro atoms. The molecule has 1 amide bonds. The maximum Gasteiger partial charge on any atom is 0.348 e. The lowest BCUT2D eigenvalue weighted by Crippen LogP contribution is -2.13. The predicted molar refractivity (Wildman–Crippen MR) is 124 cm³/mol. The van der Waals surface area contributed by atoms with E-state index < -0.39 is 17.8 Å². The van der Waals surface area contributed by atoms with E-state index in [-0.39, 0.29) is 28.2 Å². The maximum atomic E-state index is 12.5. The van der Waals surface area contributed by atoms with Crippen LogP contribution < -0.4 is 5.32 Å². The Hall–Kier alpha value is -2.93. The molecule has 1 aromatic carbocycles. The molecule has 1 N–H and O–H groups in total. The van der Waals surface area contributed by atoms with Crippen LogP contribution in [0.4, 0.5) is 5.00 Å². The van der Waals surface area contributed by atoms with Gasteiger partial charge in [0.05, 0.1) is 18.3 Å². The average Bonchev–Trinajstić information content (AvgIpc) is 3.02. The average molecular weight is 444 g/mol. The standard InChI is InChI=1S/C24H29NO5S/c1-7-29-23(27)20-16(6)21(24(28)30-15(4)5)31-22(20)25-19(26)13-10-17-8-11-18(12-9-17)14(2)3/h8-15H,7H2,1-6H3,(H,25,26)/b13-10+. The third-order valence-electron chi connectivity index (χ3n) is 4.42. The van der Waals surface area contributed by atoms with Crippen molar-refractivity contribution < 1.29 is 23.9 Å². The highest BCUT2D eigenvalue weighted by Gasteiger charge is 2.27. The van der Waals surface area contributed by atoms with Gasteiger partial charge in [-0.1, -0.05) is 38.1 Å². The van der Waals surface area contributed by atoms with Crippen LogP contribution in [0.5, 0.6) is 0 Å². The van der Waals surface area contributed by atoms with E-state index in [1.54, 1.807) is 33.8 Å². The van der Waals surface area contributed by atoms with Crippen molar-refractivity contribution in [1.29, 1.82) is 0 Å². The summed E-state index contributed by atoms with van der Waals surface area (Å²) in [6.07, 6.45) is 2.78. The Morgan fingerprint density at radius 2 is 1.71 bits per heavy atom. The lowest BCUT2D eigenvalue weighted by atomic mass is 10.0. The molecule has 1 heterocycles. The Morgan fingerprint density at radius 1 is 1.06 bits per heavy atom. The highest BCUT2D eigenvalue weighted by molar-refractivity contribution is 7.18. The number of carbonyl (C=O) groups excluding carboxylic acids is 3. The van der Waals surface area contributed by atoms with Crippen LogP contribution in [0.15, 0.2) is 30.3 Å². The van der Waals surface area contributed by atoms with E-state index in [4.69, 9.17) is 9.47 Å². The number of ether oxygens (including phenoxy) is 2. The van der Waals surface area contributed by atoms with Crippen molar-refractivity contribution in [2.75, 3.05) is 11.9 Å². The molecule has 7 heteroatoms. The van der Waals surface area contributed by atoms with E-state index in [2.05, 4.69) is 19.2 Å². The smallest absolute Gasteiger partial charge is 0.348 e. The minimum absolute atomic E-state index is 0.172. The van der Waals surface area contributed by atoms with Crippen molar-refractivity contribution in [3.63, 3.8) is 0 Å². The van der Waals surface area contributed by atoms with Crippen LogP contribution in [0.3, 0.4) is 0 Å². The SMILES string of the molecule is CCOC(=O)c1c(NC(=O)/C=C/c2ccc(C(C)C)cc2)sc(C(=O)OC(C)C)c1C. The Kier molecular flexibility index (Phi) is 8.56. The monoisotopic (exact) mass is 443 g/mol. The molecule has 0 atom stereocenters. The van der Waals surface area contributed by atoms with Crippen molar-refractivity contribution in [3.05, 3.63) is 57.5 Å². The third-order valence-corrected chi connectivity index (χ3v) is 5.61. The van der Waals surface area contributed by atoms with E-state index in [1.807, 2.05) is 24.3 Å². The van der Waals surface area contributed by atoms with Gasteiger partial charge in [-0.3, -0.25) is 4.79 Å². The largest absolute Gasteiger partial charge is 0.462 e. The van der Waals surface area contributed by atoms with Crippen LogP contribution in [0.2, 0.25) is 0 Å². The van der Waals surface area contributed by atoms with E-state index >= 15 is 0 Å². The highest BCUT2D eigenvalue weighted by Crippen LogP contribution is 2.34. The number of hydrogen-bond acceptors (Lipinski definition) is 6. The van der Waals surface area contributed by atoms with Crippen LogP contribution in [-0.4, -0.2) is 30.6 Å². The maximum absolute atomic E-state index is 12.5. The molecular formula is C24H29NO5S. The molecule has 0 aliphatic carbocycles. The lowest BCUT2D eigenvalue weighted by molar-refractivity contribution is -0.111. The molecule has 2 aromatic rings. The molecule has 0 bridgehead atoms. The van der Waals surface area contributed by atoms with Crippen LogP contribution in [-0.2, 0) is 14.3 Å². The summed E-state index contributed by atoms with van der Waals surface area (Å²) < 4.78 is 10.4. The van der Waals surface area contributed by atoms with Crippen molar-refractivity contribution in [2.45, 2.75) is 53.6 Å². The van der Waals surface area contributed by atoms with Crippen LogP contribution in [0.25, 0.3) is 6.08 Å². The molecule has 0 fully saturated rings. The summed E-state index contributed by atoms with van der Waals surface area (Å²) in [6, 6.07) is 7.93. The van der Waals surface area contributed by atoms with Gasteiger partial charge in [0.25, 0.3) is 0 Å². The summed E-state index contributed by atoms with van der Waals surface area (Å²) in [6.45, 7) is 11.2. The molecule has 0 aliphatic rings. The lowest BCUT2D eigenvalue weighted by Gasteiger charge is -2.07. The topological polar surface area (TPSA) is 81.7 Å².